The van der Waals surface area contributed by atoms with Gasteiger partial charge in [-0.25, -0.2) is 9.59 Å². The van der Waals surface area contributed by atoms with Crippen LogP contribution in [0.1, 0.15) is 46.0 Å². The number of rotatable bonds is 5. The number of H-pyrrole nitrogens is 1. The minimum absolute atomic E-state index is 0.153. The Morgan fingerprint density at radius 3 is 2.23 bits per heavy atom. The van der Waals surface area contributed by atoms with Gasteiger partial charge in [0, 0.05) is 19.8 Å². The number of nitrogens with zero attached hydrogens (tertiary/aromatic N) is 1. The van der Waals surface area contributed by atoms with Crippen molar-refractivity contribution in [3.05, 3.63) is 22.5 Å². The van der Waals surface area contributed by atoms with Crippen LogP contribution in [0.5, 0.6) is 0 Å². The normalized spacial score (nSPS) is 10.5. The molecule has 0 fully saturated rings. The average molecular weight is 310 g/mol. The Balaban J connectivity index is 2.91. The Bertz CT molecular complexity index is 587. The number of hydrogen-bond acceptors (Lipinski definition) is 5. The molecule has 0 saturated heterocycles. The lowest BCUT2D eigenvalue weighted by Crippen LogP contribution is -2.27. The smallest absolute Gasteiger partial charge is 0.355 e. The molecule has 0 aliphatic carbocycles. The van der Waals surface area contributed by atoms with Gasteiger partial charge in [0.15, 0.2) is 6.61 Å². The van der Waals surface area contributed by atoms with Crippen molar-refractivity contribution in [1.29, 1.82) is 0 Å². The van der Waals surface area contributed by atoms with E-state index in [0.29, 0.717) is 16.8 Å². The molecule has 1 amide bonds. The summed E-state index contributed by atoms with van der Waals surface area (Å²) in [7, 11) is 3.14. The van der Waals surface area contributed by atoms with Gasteiger partial charge in [0.25, 0.3) is 5.91 Å². The van der Waals surface area contributed by atoms with Crippen molar-refractivity contribution in [2.75, 3.05) is 20.7 Å². The number of hydrogen-bond donors (Lipinski definition) is 1. The summed E-state index contributed by atoms with van der Waals surface area (Å²) >= 11 is 0. The number of carbonyl (C=O) groups excluding carboxylic acids is 3. The van der Waals surface area contributed by atoms with Crippen LogP contribution in [0.25, 0.3) is 0 Å². The third-order valence-electron chi connectivity index (χ3n) is 3.01. The van der Waals surface area contributed by atoms with Gasteiger partial charge in [0.05, 0.1) is 11.7 Å². The Hall–Kier alpha value is -2.31. The van der Waals surface area contributed by atoms with Crippen LogP contribution < -0.4 is 0 Å². The van der Waals surface area contributed by atoms with Gasteiger partial charge in [-0.2, -0.15) is 0 Å². The highest BCUT2D eigenvalue weighted by Crippen LogP contribution is 2.20. The number of aryl methyl sites for hydroxylation is 1. The summed E-state index contributed by atoms with van der Waals surface area (Å²) in [6.07, 6.45) is -0.255. The number of likely N-dealkylation sites (N-methyl/N-ethyl adjacent to an activating group) is 1. The van der Waals surface area contributed by atoms with E-state index < -0.39 is 11.9 Å². The van der Waals surface area contributed by atoms with Gasteiger partial charge in [-0.1, -0.05) is 0 Å². The van der Waals surface area contributed by atoms with Crippen molar-refractivity contribution in [3.8, 4) is 0 Å². The maximum atomic E-state index is 12.0. The van der Waals surface area contributed by atoms with Crippen LogP contribution >= 0.6 is 0 Å². The molecule has 0 aromatic carbocycles. The summed E-state index contributed by atoms with van der Waals surface area (Å²) in [6.45, 7) is 6.44. The first-order valence-electron chi connectivity index (χ1n) is 6.92. The quantitative estimate of drug-likeness (QED) is 0.831. The predicted molar refractivity (Wildman–Crippen MR) is 79.8 cm³/mol. The second-order valence-corrected chi connectivity index (χ2v) is 5.44. The SMILES string of the molecule is Cc1[nH]c(C(=O)OCC(=O)N(C)C)c(C)c1C(=O)OC(C)C. The summed E-state index contributed by atoms with van der Waals surface area (Å²) < 4.78 is 10.1. The van der Waals surface area contributed by atoms with Crippen molar-refractivity contribution < 1.29 is 23.9 Å². The van der Waals surface area contributed by atoms with Gasteiger partial charge >= 0.3 is 11.9 Å². The molecule has 1 heterocycles. The predicted octanol–water partition coefficient (Wildman–Crippen LogP) is 1.44. The Kier molecular flexibility index (Phi) is 5.73. The van der Waals surface area contributed by atoms with E-state index in [2.05, 4.69) is 4.98 Å². The van der Waals surface area contributed by atoms with E-state index in [-0.39, 0.29) is 24.3 Å². The van der Waals surface area contributed by atoms with Gasteiger partial charge in [0.2, 0.25) is 0 Å². The fourth-order valence-corrected chi connectivity index (χ4v) is 1.86. The standard InChI is InChI=1S/C15H22N2O5/c1-8(2)22-14(19)12-9(3)13(16-10(12)4)15(20)21-7-11(18)17(5)6/h8,16H,7H2,1-6H3. The highest BCUT2D eigenvalue weighted by atomic mass is 16.5. The molecular weight excluding hydrogens is 288 g/mol. The zero-order chi connectivity index (χ0) is 17.0. The summed E-state index contributed by atoms with van der Waals surface area (Å²) in [6, 6.07) is 0. The molecule has 0 spiro atoms. The first-order valence-corrected chi connectivity index (χ1v) is 6.92. The van der Waals surface area contributed by atoms with Gasteiger partial charge < -0.3 is 19.4 Å². The third-order valence-corrected chi connectivity index (χ3v) is 3.01. The molecule has 1 aromatic heterocycles. The molecule has 0 unspecified atom stereocenters. The van der Waals surface area contributed by atoms with Gasteiger partial charge in [0.1, 0.15) is 5.69 Å². The largest absolute Gasteiger partial charge is 0.459 e. The molecule has 0 aliphatic heterocycles. The fraction of sp³-hybridized carbons (Fsp3) is 0.533. The van der Waals surface area contributed by atoms with Crippen molar-refractivity contribution in [2.45, 2.75) is 33.8 Å². The highest BCUT2D eigenvalue weighted by molar-refractivity contribution is 5.99. The lowest BCUT2D eigenvalue weighted by Gasteiger charge is -2.10. The molecule has 7 heteroatoms. The molecular formula is C15H22N2O5. The van der Waals surface area contributed by atoms with Crippen molar-refractivity contribution >= 4 is 17.8 Å². The molecule has 0 atom stereocenters. The second-order valence-electron chi connectivity index (χ2n) is 5.44. The molecule has 1 aromatic rings. The molecule has 1 N–H and O–H groups in total. The summed E-state index contributed by atoms with van der Waals surface area (Å²) in [5, 5.41) is 0. The van der Waals surface area contributed by atoms with Gasteiger partial charge in [-0.3, -0.25) is 4.79 Å². The minimum atomic E-state index is -0.681. The monoisotopic (exact) mass is 310 g/mol. The van der Waals surface area contributed by atoms with Crippen molar-refractivity contribution in [2.24, 2.45) is 0 Å². The molecule has 0 aliphatic rings. The molecule has 0 saturated carbocycles. The van der Waals surface area contributed by atoms with E-state index in [9.17, 15) is 14.4 Å². The summed E-state index contributed by atoms with van der Waals surface area (Å²) in [5.41, 5.74) is 1.44. The van der Waals surface area contributed by atoms with Crippen LogP contribution in [0.2, 0.25) is 0 Å². The molecule has 122 valence electrons. The number of amides is 1. The maximum absolute atomic E-state index is 12.0. The number of carbonyl (C=O) groups is 3. The Morgan fingerprint density at radius 1 is 1.14 bits per heavy atom. The first-order chi connectivity index (χ1) is 10.1. The summed E-state index contributed by atoms with van der Waals surface area (Å²) in [4.78, 5) is 39.6. The Morgan fingerprint density at radius 2 is 1.73 bits per heavy atom. The fourth-order valence-electron chi connectivity index (χ4n) is 1.86. The van der Waals surface area contributed by atoms with Crippen LogP contribution in [-0.4, -0.2) is 54.5 Å². The third kappa shape index (κ3) is 4.09. The molecule has 0 bridgehead atoms. The Labute approximate surface area is 129 Å². The molecule has 7 nitrogen and oxygen atoms in total. The molecule has 1 rings (SSSR count). The van der Waals surface area contributed by atoms with E-state index in [4.69, 9.17) is 9.47 Å². The zero-order valence-electron chi connectivity index (χ0n) is 13.8. The van der Waals surface area contributed by atoms with E-state index in [1.807, 2.05) is 0 Å². The van der Waals surface area contributed by atoms with Crippen LogP contribution in [0.15, 0.2) is 0 Å². The number of aromatic nitrogens is 1. The zero-order valence-corrected chi connectivity index (χ0v) is 13.8. The average Bonchev–Trinajstić information content (AvgIpc) is 2.69. The lowest BCUT2D eigenvalue weighted by atomic mass is 10.1. The van der Waals surface area contributed by atoms with E-state index in [0.717, 1.165) is 0 Å². The van der Waals surface area contributed by atoms with E-state index in [1.54, 1.807) is 41.8 Å². The van der Waals surface area contributed by atoms with Crippen molar-refractivity contribution in [1.82, 2.24) is 9.88 Å². The molecule has 0 radical (unpaired) electrons. The van der Waals surface area contributed by atoms with Crippen LogP contribution in [0, 0.1) is 13.8 Å². The van der Waals surface area contributed by atoms with E-state index in [1.165, 1.54) is 4.90 Å². The van der Waals surface area contributed by atoms with Crippen LogP contribution in [0.4, 0.5) is 0 Å². The number of aromatic amines is 1. The van der Waals surface area contributed by atoms with E-state index >= 15 is 0 Å². The number of ether oxygens (including phenoxy) is 2. The van der Waals surface area contributed by atoms with Gasteiger partial charge in [-0.15, -0.1) is 0 Å². The summed E-state index contributed by atoms with van der Waals surface area (Å²) in [5.74, 6) is -1.50. The molecule has 22 heavy (non-hydrogen) atoms. The maximum Gasteiger partial charge on any atom is 0.355 e. The van der Waals surface area contributed by atoms with Crippen LogP contribution in [-0.2, 0) is 14.3 Å². The lowest BCUT2D eigenvalue weighted by molar-refractivity contribution is -0.131. The van der Waals surface area contributed by atoms with Crippen molar-refractivity contribution in [3.63, 3.8) is 0 Å². The number of nitrogens with one attached hydrogen (secondary N) is 1. The highest BCUT2D eigenvalue weighted by Gasteiger charge is 2.24. The first kappa shape index (κ1) is 17.7. The van der Waals surface area contributed by atoms with Crippen LogP contribution in [0.3, 0.4) is 0 Å². The minimum Gasteiger partial charge on any atom is -0.459 e. The topological polar surface area (TPSA) is 88.7 Å². The number of esters is 2. The van der Waals surface area contributed by atoms with Gasteiger partial charge in [-0.05, 0) is 33.3 Å². The second kappa shape index (κ2) is 7.11.